The molecule has 7 nitrogen and oxygen atoms in total. The summed E-state index contributed by atoms with van der Waals surface area (Å²) in [5.74, 6) is -3.60. The average molecular weight is 433 g/mol. The highest BCUT2D eigenvalue weighted by molar-refractivity contribution is 7.15. The largest absolute Gasteiger partial charge is 0.391 e. The molecule has 0 aromatic carbocycles. The second-order valence-corrected chi connectivity index (χ2v) is 11.6. The highest BCUT2D eigenvalue weighted by Crippen LogP contribution is 2.75. The molecule has 3 heterocycles. The first-order valence-corrected chi connectivity index (χ1v) is 11.5. The molecule has 6 aliphatic rings. The van der Waals surface area contributed by atoms with Crippen molar-refractivity contribution in [2.24, 2.45) is 28.6 Å². The van der Waals surface area contributed by atoms with Gasteiger partial charge in [-0.2, -0.15) is 0 Å². The van der Waals surface area contributed by atoms with Crippen LogP contribution in [0.15, 0.2) is 12.2 Å². The minimum absolute atomic E-state index is 0.179. The molecule has 7 rings (SSSR count). The van der Waals surface area contributed by atoms with Gasteiger partial charge in [-0.1, -0.05) is 20.4 Å². The van der Waals surface area contributed by atoms with Crippen LogP contribution in [0.1, 0.15) is 37.3 Å². The summed E-state index contributed by atoms with van der Waals surface area (Å²) in [6, 6.07) is 0. The van der Waals surface area contributed by atoms with E-state index < -0.39 is 34.7 Å². The number of Topliss-reactive ketones (excluding diaryl/α,β-unsaturated/α-hetero) is 1. The van der Waals surface area contributed by atoms with E-state index in [1.165, 1.54) is 0 Å². The van der Waals surface area contributed by atoms with Crippen LogP contribution in [0.25, 0.3) is 0 Å². The zero-order valence-corrected chi connectivity index (χ0v) is 18.3. The van der Waals surface area contributed by atoms with Gasteiger partial charge in [0.25, 0.3) is 0 Å². The average Bonchev–Trinajstić information content (AvgIpc) is 3.14. The van der Waals surface area contributed by atoms with Gasteiger partial charge in [-0.15, -0.1) is 11.3 Å². The molecule has 4 bridgehead atoms. The van der Waals surface area contributed by atoms with Crippen molar-refractivity contribution in [1.29, 1.82) is 0 Å². The van der Waals surface area contributed by atoms with E-state index in [9.17, 15) is 20.1 Å². The number of ether oxygens (including phenoxy) is 1. The van der Waals surface area contributed by atoms with Gasteiger partial charge in [-0.25, -0.2) is 4.98 Å². The Labute approximate surface area is 179 Å². The Morgan fingerprint density at radius 2 is 2.00 bits per heavy atom. The Balaban J connectivity index is 1.70. The number of aliphatic hydroxyl groups excluding tert-OH is 2. The number of hydrogen-bond acceptors (Lipinski definition) is 8. The van der Waals surface area contributed by atoms with E-state index in [2.05, 4.69) is 25.7 Å². The van der Waals surface area contributed by atoms with Crippen LogP contribution in [0, 0.1) is 28.6 Å². The van der Waals surface area contributed by atoms with Crippen LogP contribution in [0.2, 0.25) is 0 Å². The van der Waals surface area contributed by atoms with Crippen molar-refractivity contribution in [2.45, 2.75) is 56.5 Å². The molecule has 4 aliphatic carbocycles. The normalized spacial score (nSPS) is 50.1. The first kappa shape index (κ1) is 19.4. The molecular weight excluding hydrogens is 404 g/mol. The number of carbonyl (C=O) groups is 1. The number of aromatic nitrogens is 1. The lowest BCUT2D eigenvalue weighted by Crippen LogP contribution is -2.85. The molecule has 4 N–H and O–H groups in total. The maximum atomic E-state index is 13.7. The number of nitrogens with one attached hydrogen (secondary N) is 1. The third-order valence-electron chi connectivity index (χ3n) is 9.11. The number of nitrogens with zero attached hydrogens (tertiary/aromatic N) is 1. The lowest BCUT2D eigenvalue weighted by atomic mass is 9.36. The molecule has 8 heteroatoms. The molecule has 2 saturated heterocycles. The number of aliphatic hydroxyl groups is 3. The van der Waals surface area contributed by atoms with Crippen molar-refractivity contribution in [2.75, 3.05) is 19.0 Å². The highest BCUT2D eigenvalue weighted by Gasteiger charge is 2.86. The molecule has 2 aliphatic heterocycles. The van der Waals surface area contributed by atoms with Gasteiger partial charge in [-0.05, 0) is 36.2 Å². The molecule has 2 spiro atoms. The van der Waals surface area contributed by atoms with E-state index in [-0.39, 0.29) is 29.6 Å². The van der Waals surface area contributed by atoms with Gasteiger partial charge in [0.1, 0.15) is 11.5 Å². The van der Waals surface area contributed by atoms with Gasteiger partial charge in [0.05, 0.1) is 18.4 Å². The lowest BCUT2D eigenvalue weighted by Gasteiger charge is -2.73. The molecule has 162 valence electrons. The Hall–Kier alpha value is -1.32. The maximum Gasteiger partial charge on any atom is 0.208 e. The monoisotopic (exact) mass is 432 g/mol. The SMILES string of the molecule is C=C1C(=O)[C@]23[C@H](O)[C@H]1CC[C@H]2[C@@]12CO[C@]3(O)[C@@H](O)[C@@H]1C(C)(C)Cc1sc(NC)nc12. The van der Waals surface area contributed by atoms with Crippen LogP contribution in [0.3, 0.4) is 0 Å². The summed E-state index contributed by atoms with van der Waals surface area (Å²) in [6.07, 6.45) is -0.410. The quantitative estimate of drug-likeness (QED) is 0.494. The molecule has 0 amide bonds. The molecule has 5 fully saturated rings. The number of hydrogen-bond donors (Lipinski definition) is 4. The van der Waals surface area contributed by atoms with E-state index in [0.717, 1.165) is 22.1 Å². The van der Waals surface area contributed by atoms with Crippen molar-refractivity contribution < 1.29 is 24.9 Å². The topological polar surface area (TPSA) is 112 Å². The van der Waals surface area contributed by atoms with Crippen LogP contribution >= 0.6 is 11.3 Å². The summed E-state index contributed by atoms with van der Waals surface area (Å²) in [7, 11) is 1.83. The van der Waals surface area contributed by atoms with Gasteiger partial charge in [0.15, 0.2) is 10.9 Å². The second kappa shape index (κ2) is 5.35. The van der Waals surface area contributed by atoms with Gasteiger partial charge >= 0.3 is 0 Å². The van der Waals surface area contributed by atoms with E-state index in [1.807, 2.05) is 7.05 Å². The number of thiazole rings is 1. The zero-order chi connectivity index (χ0) is 21.4. The molecule has 3 saturated carbocycles. The van der Waals surface area contributed by atoms with Crippen molar-refractivity contribution in [1.82, 2.24) is 4.98 Å². The highest BCUT2D eigenvalue weighted by atomic mass is 32.1. The smallest absolute Gasteiger partial charge is 0.208 e. The summed E-state index contributed by atoms with van der Waals surface area (Å²) in [6.45, 7) is 8.36. The van der Waals surface area contributed by atoms with E-state index in [1.54, 1.807) is 11.3 Å². The molecule has 0 radical (unpaired) electrons. The fourth-order valence-corrected chi connectivity index (χ4v) is 9.45. The van der Waals surface area contributed by atoms with Crippen molar-refractivity contribution >= 4 is 22.3 Å². The van der Waals surface area contributed by atoms with E-state index >= 15 is 0 Å². The van der Waals surface area contributed by atoms with Crippen LogP contribution in [0.5, 0.6) is 0 Å². The van der Waals surface area contributed by atoms with Gasteiger partial charge in [0, 0.05) is 29.2 Å². The lowest BCUT2D eigenvalue weighted by molar-refractivity contribution is -0.429. The molecule has 1 aromatic heterocycles. The van der Waals surface area contributed by atoms with Crippen LogP contribution < -0.4 is 5.32 Å². The van der Waals surface area contributed by atoms with Gasteiger partial charge in [-0.3, -0.25) is 4.79 Å². The summed E-state index contributed by atoms with van der Waals surface area (Å²) < 4.78 is 6.04. The van der Waals surface area contributed by atoms with Gasteiger partial charge in [0.2, 0.25) is 5.79 Å². The Bertz CT molecular complexity index is 1010. The fourth-order valence-electron chi connectivity index (χ4n) is 8.20. The predicted molar refractivity (Wildman–Crippen MR) is 110 cm³/mol. The predicted octanol–water partition coefficient (Wildman–Crippen LogP) is 1.23. The maximum absolute atomic E-state index is 13.7. The standard InChI is InChI=1S/C22H28N2O5S/c1-9-10-5-6-12-20-8-29-22(28,21(12,15(9)25)16(10)26)17(27)13(20)19(2,3)7-11-14(20)24-18(23-4)30-11/h10,12-13,16-17,26-28H,1,5-8H2,2-4H3,(H,23,24)/t10-,12-,13+,16+,17-,20-,21-,22+/m0/s1. The van der Waals surface area contributed by atoms with Crippen molar-refractivity contribution in [3.63, 3.8) is 0 Å². The van der Waals surface area contributed by atoms with Crippen LogP contribution in [-0.2, 0) is 21.4 Å². The van der Waals surface area contributed by atoms with Crippen LogP contribution in [-0.4, -0.2) is 57.7 Å². The number of rotatable bonds is 1. The number of fused-ring (bicyclic) bond motifs is 3. The number of ketones is 1. The Morgan fingerprint density at radius 3 is 2.70 bits per heavy atom. The van der Waals surface area contributed by atoms with E-state index in [4.69, 9.17) is 9.72 Å². The van der Waals surface area contributed by atoms with Gasteiger partial charge < -0.3 is 25.4 Å². The number of anilines is 1. The first-order valence-electron chi connectivity index (χ1n) is 10.7. The third-order valence-corrected chi connectivity index (χ3v) is 10.2. The summed E-state index contributed by atoms with van der Waals surface area (Å²) in [5, 5.41) is 38.8. The summed E-state index contributed by atoms with van der Waals surface area (Å²) >= 11 is 1.60. The van der Waals surface area contributed by atoms with E-state index in [0.29, 0.717) is 18.4 Å². The summed E-state index contributed by atoms with van der Waals surface area (Å²) in [4.78, 5) is 19.7. The van der Waals surface area contributed by atoms with Crippen molar-refractivity contribution in [3.05, 3.63) is 22.7 Å². The Morgan fingerprint density at radius 1 is 1.27 bits per heavy atom. The minimum Gasteiger partial charge on any atom is -0.391 e. The zero-order valence-electron chi connectivity index (χ0n) is 17.4. The molecule has 0 unspecified atom stereocenters. The number of carbonyl (C=O) groups excluding carboxylic acids is 1. The molecule has 8 atom stereocenters. The Kier molecular flexibility index (Phi) is 3.46. The minimum atomic E-state index is -2.13. The molecular formula is C22H28N2O5S. The van der Waals surface area contributed by atoms with Crippen LogP contribution in [0.4, 0.5) is 5.13 Å². The van der Waals surface area contributed by atoms with Crippen molar-refractivity contribution in [3.8, 4) is 0 Å². The second-order valence-electron chi connectivity index (χ2n) is 10.6. The molecule has 30 heavy (non-hydrogen) atoms. The first-order chi connectivity index (χ1) is 14.1. The molecule has 1 aromatic rings. The summed E-state index contributed by atoms with van der Waals surface area (Å²) in [5.41, 5.74) is -1.49. The third kappa shape index (κ3) is 1.67. The fraction of sp³-hybridized carbons (Fsp3) is 0.727.